The van der Waals surface area contributed by atoms with Crippen molar-refractivity contribution in [1.82, 2.24) is 24.7 Å². The standard InChI is InChI=1S/C32H41ClN8O3/c1-6-40-14-15-41(7-2)31(43)24-9-8-23(18-27(24)40)35-30-25(33)19-34-32(37-30)36-26-16-21-10-12-39(20-29(42)38(3)4)13-11-22(21)17-28(26)44-5/h8-10,16-19,22H,6-7,11-15,20H2,1-5H3,(H2,34,35,36,37). The van der Waals surface area contributed by atoms with Crippen LogP contribution < -0.4 is 15.5 Å². The number of benzene rings is 1. The molecule has 2 amide bonds. The van der Waals surface area contributed by atoms with E-state index in [1.54, 1.807) is 32.3 Å². The largest absolute Gasteiger partial charge is 0.495 e. The molecule has 234 valence electrons. The zero-order chi connectivity index (χ0) is 31.4. The average Bonchev–Trinajstić information content (AvgIpc) is 3.29. The Labute approximate surface area is 264 Å². The topological polar surface area (TPSA) is 106 Å². The lowest BCUT2D eigenvalue weighted by Crippen LogP contribution is -2.37. The van der Waals surface area contributed by atoms with Crippen LogP contribution in [0, 0.1) is 5.92 Å². The van der Waals surface area contributed by atoms with Crippen LogP contribution in [-0.2, 0) is 9.53 Å². The van der Waals surface area contributed by atoms with Crippen molar-refractivity contribution < 1.29 is 14.3 Å². The minimum atomic E-state index is 0.0418. The summed E-state index contributed by atoms with van der Waals surface area (Å²) in [4.78, 5) is 42.3. The number of methoxy groups -OCH3 is 1. The Morgan fingerprint density at radius 2 is 1.91 bits per heavy atom. The number of anilines is 4. The molecule has 5 rings (SSSR count). The number of halogens is 1. The number of carbonyl (C=O) groups excluding carboxylic acids is 2. The summed E-state index contributed by atoms with van der Waals surface area (Å²) in [5.41, 5.74) is 4.24. The van der Waals surface area contributed by atoms with Gasteiger partial charge in [-0.25, -0.2) is 4.98 Å². The summed E-state index contributed by atoms with van der Waals surface area (Å²) in [5, 5.41) is 7.00. The van der Waals surface area contributed by atoms with Gasteiger partial charge < -0.3 is 30.1 Å². The van der Waals surface area contributed by atoms with E-state index in [9.17, 15) is 9.59 Å². The van der Waals surface area contributed by atoms with Crippen LogP contribution in [0.2, 0.25) is 5.02 Å². The number of allylic oxidation sites excluding steroid dienone is 3. The molecule has 0 bridgehead atoms. The molecule has 0 radical (unpaired) electrons. The van der Waals surface area contributed by atoms with Crippen molar-refractivity contribution in [3.8, 4) is 0 Å². The Morgan fingerprint density at radius 1 is 1.14 bits per heavy atom. The highest BCUT2D eigenvalue weighted by Crippen LogP contribution is 2.34. The lowest BCUT2D eigenvalue weighted by atomic mass is 9.90. The molecular formula is C32H41ClN8O3. The van der Waals surface area contributed by atoms with E-state index in [-0.39, 0.29) is 17.7 Å². The molecule has 1 unspecified atom stereocenters. The van der Waals surface area contributed by atoms with Crippen molar-refractivity contribution in [2.75, 3.05) is 82.6 Å². The van der Waals surface area contributed by atoms with Crippen molar-refractivity contribution in [1.29, 1.82) is 0 Å². The third kappa shape index (κ3) is 6.84. The monoisotopic (exact) mass is 620 g/mol. The lowest BCUT2D eigenvalue weighted by Gasteiger charge is -2.24. The minimum Gasteiger partial charge on any atom is -0.495 e. The van der Waals surface area contributed by atoms with Crippen LogP contribution >= 0.6 is 11.6 Å². The molecule has 3 heterocycles. The van der Waals surface area contributed by atoms with Crippen molar-refractivity contribution in [2.24, 2.45) is 5.92 Å². The molecule has 1 aromatic carbocycles. The molecule has 0 saturated carbocycles. The van der Waals surface area contributed by atoms with Gasteiger partial charge in [0.15, 0.2) is 5.82 Å². The molecule has 11 nitrogen and oxygen atoms in total. The Kier molecular flexibility index (Phi) is 9.75. The summed E-state index contributed by atoms with van der Waals surface area (Å²) in [6, 6.07) is 5.71. The fourth-order valence-corrected chi connectivity index (χ4v) is 5.80. The van der Waals surface area contributed by atoms with Gasteiger partial charge in [-0.15, -0.1) is 0 Å². The number of nitrogens with zero attached hydrogens (tertiary/aromatic N) is 6. The van der Waals surface area contributed by atoms with Crippen LogP contribution in [0.5, 0.6) is 0 Å². The predicted octanol–water partition coefficient (Wildman–Crippen LogP) is 4.35. The van der Waals surface area contributed by atoms with Gasteiger partial charge in [0.2, 0.25) is 11.9 Å². The van der Waals surface area contributed by atoms with Gasteiger partial charge in [0.25, 0.3) is 5.91 Å². The molecule has 12 heteroatoms. The van der Waals surface area contributed by atoms with E-state index < -0.39 is 0 Å². The zero-order valence-corrected chi connectivity index (χ0v) is 26.8. The first-order valence-electron chi connectivity index (χ1n) is 15.1. The van der Waals surface area contributed by atoms with Crippen molar-refractivity contribution >= 4 is 46.6 Å². The number of aromatic nitrogens is 2. The number of hydrogen-bond acceptors (Lipinski definition) is 9. The molecule has 1 atom stereocenters. The number of fused-ring (bicyclic) bond motifs is 2. The number of amides is 2. The second-order valence-corrected chi connectivity index (χ2v) is 11.7. The molecule has 2 N–H and O–H groups in total. The summed E-state index contributed by atoms with van der Waals surface area (Å²) in [6.07, 6.45) is 8.78. The highest BCUT2D eigenvalue weighted by Gasteiger charge is 2.27. The van der Waals surface area contributed by atoms with E-state index >= 15 is 0 Å². The molecular weight excluding hydrogens is 580 g/mol. The predicted molar refractivity (Wildman–Crippen MR) is 174 cm³/mol. The fourth-order valence-electron chi connectivity index (χ4n) is 5.66. The van der Waals surface area contributed by atoms with E-state index in [4.69, 9.17) is 16.3 Å². The van der Waals surface area contributed by atoms with Crippen LogP contribution in [-0.4, -0.2) is 104 Å². The first-order valence-corrected chi connectivity index (χ1v) is 15.4. The first-order chi connectivity index (χ1) is 21.2. The Bertz CT molecular complexity index is 1500. The molecule has 3 aliphatic rings. The third-order valence-electron chi connectivity index (χ3n) is 8.29. The normalized spacial score (nSPS) is 18.6. The first kappa shape index (κ1) is 31.3. The molecule has 2 aromatic rings. The zero-order valence-electron chi connectivity index (χ0n) is 26.1. The molecule has 1 aromatic heterocycles. The molecule has 44 heavy (non-hydrogen) atoms. The molecule has 1 aliphatic carbocycles. The summed E-state index contributed by atoms with van der Waals surface area (Å²) in [7, 11) is 5.21. The van der Waals surface area contributed by atoms with Crippen LogP contribution in [0.3, 0.4) is 0 Å². The molecule has 0 spiro atoms. The highest BCUT2D eigenvalue weighted by molar-refractivity contribution is 6.32. The van der Waals surface area contributed by atoms with Crippen molar-refractivity contribution in [3.05, 3.63) is 70.2 Å². The second kappa shape index (κ2) is 13.7. The third-order valence-corrected chi connectivity index (χ3v) is 8.57. The van der Waals surface area contributed by atoms with E-state index in [1.165, 1.54) is 0 Å². The summed E-state index contributed by atoms with van der Waals surface area (Å²) >= 11 is 6.53. The van der Waals surface area contributed by atoms with E-state index in [2.05, 4.69) is 55.6 Å². The van der Waals surface area contributed by atoms with Gasteiger partial charge in [-0.1, -0.05) is 17.7 Å². The number of carbonyl (C=O) groups is 2. The SMILES string of the molecule is CCN1CCN(CC)c2cc(Nc3nc(NC4=CC5=CCN(CC(=O)N(C)C)CCC5C=C4OC)ncc3Cl)ccc2C1=O. The quantitative estimate of drug-likeness (QED) is 0.423. The Balaban J connectivity index is 1.36. The van der Waals surface area contributed by atoms with Crippen LogP contribution in [0.1, 0.15) is 30.6 Å². The van der Waals surface area contributed by atoms with Crippen molar-refractivity contribution in [2.45, 2.75) is 20.3 Å². The number of hydrogen-bond donors (Lipinski definition) is 2. The lowest BCUT2D eigenvalue weighted by molar-refractivity contribution is -0.129. The number of ether oxygens (including phenoxy) is 1. The maximum absolute atomic E-state index is 13.1. The maximum Gasteiger partial charge on any atom is 0.256 e. The number of likely N-dealkylation sites (N-methyl/N-ethyl adjacent to an activating group) is 3. The summed E-state index contributed by atoms with van der Waals surface area (Å²) in [5.74, 6) is 1.82. The van der Waals surface area contributed by atoms with Crippen molar-refractivity contribution in [3.63, 3.8) is 0 Å². The summed E-state index contributed by atoms with van der Waals surface area (Å²) < 4.78 is 5.74. The summed E-state index contributed by atoms with van der Waals surface area (Å²) in [6.45, 7) is 8.90. The van der Waals surface area contributed by atoms with E-state index in [0.717, 1.165) is 48.7 Å². The molecule has 0 fully saturated rings. The minimum absolute atomic E-state index is 0.0418. The van der Waals surface area contributed by atoms with Gasteiger partial charge in [-0.2, -0.15) is 4.98 Å². The molecule has 0 saturated heterocycles. The molecule has 2 aliphatic heterocycles. The highest BCUT2D eigenvalue weighted by atomic mass is 35.5. The fraction of sp³-hybridized carbons (Fsp3) is 0.438. The number of nitrogens with one attached hydrogen (secondary N) is 2. The van der Waals surface area contributed by atoms with Gasteiger partial charge in [0, 0.05) is 58.4 Å². The number of rotatable bonds is 9. The van der Waals surface area contributed by atoms with E-state index in [1.807, 2.05) is 30.0 Å². The van der Waals surface area contributed by atoms with Gasteiger partial charge in [-0.05, 0) is 62.7 Å². The Hall–Kier alpha value is -4.09. The average molecular weight is 621 g/mol. The van der Waals surface area contributed by atoms with Crippen LogP contribution in [0.4, 0.5) is 23.1 Å². The Morgan fingerprint density at radius 3 is 2.64 bits per heavy atom. The van der Waals surface area contributed by atoms with Gasteiger partial charge in [0.05, 0.1) is 36.8 Å². The van der Waals surface area contributed by atoms with Crippen LogP contribution in [0.25, 0.3) is 0 Å². The van der Waals surface area contributed by atoms with Crippen LogP contribution in [0.15, 0.2) is 59.7 Å². The smallest absolute Gasteiger partial charge is 0.256 e. The second-order valence-electron chi connectivity index (χ2n) is 11.3. The van der Waals surface area contributed by atoms with Gasteiger partial charge in [0.1, 0.15) is 10.8 Å². The van der Waals surface area contributed by atoms with Gasteiger partial charge in [-0.3, -0.25) is 14.5 Å². The van der Waals surface area contributed by atoms with E-state index in [0.29, 0.717) is 54.3 Å². The van der Waals surface area contributed by atoms with Gasteiger partial charge >= 0.3 is 0 Å². The maximum atomic E-state index is 13.1.